The maximum absolute atomic E-state index is 12.4. The molecule has 2 aliphatic rings. The van der Waals surface area contributed by atoms with Crippen molar-refractivity contribution in [2.24, 2.45) is 17.3 Å². The second kappa shape index (κ2) is 10.7. The summed E-state index contributed by atoms with van der Waals surface area (Å²) in [5.41, 5.74) is 0.539. The van der Waals surface area contributed by atoms with Crippen LogP contribution in [0.25, 0.3) is 0 Å². The monoisotopic (exact) mass is 364 g/mol. The van der Waals surface area contributed by atoms with Gasteiger partial charge in [-0.25, -0.2) is 0 Å². The molecule has 2 heterocycles. The summed E-state index contributed by atoms with van der Waals surface area (Å²) in [5.74, 6) is 1.53. The lowest BCUT2D eigenvalue weighted by molar-refractivity contribution is -0.138. The number of nitrogens with zero attached hydrogens (tertiary/aromatic N) is 2. The first-order chi connectivity index (χ1) is 12.5. The second-order valence-corrected chi connectivity index (χ2v) is 9.18. The van der Waals surface area contributed by atoms with E-state index in [0.717, 1.165) is 25.4 Å². The number of piperidine rings is 2. The predicted molar refractivity (Wildman–Crippen MR) is 111 cm³/mol. The largest absolute Gasteiger partial charge is 0.342 e. The van der Waals surface area contributed by atoms with Gasteiger partial charge in [-0.05, 0) is 75.9 Å². The van der Waals surface area contributed by atoms with E-state index in [9.17, 15) is 4.79 Å². The van der Waals surface area contributed by atoms with Crippen LogP contribution in [0.1, 0.15) is 91.9 Å². The Bertz CT molecular complexity index is 404. The van der Waals surface area contributed by atoms with E-state index in [2.05, 4.69) is 37.5 Å². The molecule has 0 radical (unpaired) electrons. The van der Waals surface area contributed by atoms with Gasteiger partial charge in [-0.15, -0.1) is 0 Å². The maximum atomic E-state index is 12.4. The Labute approximate surface area is 162 Å². The van der Waals surface area contributed by atoms with Crippen molar-refractivity contribution in [3.05, 3.63) is 0 Å². The molecule has 0 aromatic heterocycles. The van der Waals surface area contributed by atoms with Crippen molar-refractivity contribution in [3.8, 4) is 0 Å². The number of amides is 1. The van der Waals surface area contributed by atoms with Crippen LogP contribution >= 0.6 is 0 Å². The Morgan fingerprint density at radius 3 is 2.08 bits per heavy atom. The van der Waals surface area contributed by atoms with Gasteiger partial charge in [0.15, 0.2) is 0 Å². The molecule has 3 nitrogen and oxygen atoms in total. The zero-order valence-electron chi connectivity index (χ0n) is 18.1. The molecule has 2 rings (SSSR count). The fourth-order valence-electron chi connectivity index (χ4n) is 5.00. The molecule has 0 N–H and O–H groups in total. The standard InChI is InChI=1S/C23H44N2O/c1-5-9-21(7-3)10-8-15-24-16-11-23(12-17-24)13-18-25(19-14-23)22(26)20(4)6-2/h20-21H,5-19H2,1-4H3. The summed E-state index contributed by atoms with van der Waals surface area (Å²) in [7, 11) is 0. The fraction of sp³-hybridized carbons (Fsp3) is 0.957. The fourth-order valence-corrected chi connectivity index (χ4v) is 5.00. The number of rotatable bonds is 9. The van der Waals surface area contributed by atoms with Crippen LogP contribution in [0.4, 0.5) is 0 Å². The molecule has 3 heteroatoms. The third-order valence-electron chi connectivity index (χ3n) is 7.45. The normalized spacial score (nSPS) is 23.2. The van der Waals surface area contributed by atoms with Crippen LogP contribution < -0.4 is 0 Å². The average Bonchev–Trinajstić information content (AvgIpc) is 2.68. The average molecular weight is 365 g/mol. The van der Waals surface area contributed by atoms with Crippen molar-refractivity contribution in [1.29, 1.82) is 0 Å². The van der Waals surface area contributed by atoms with Gasteiger partial charge in [0, 0.05) is 19.0 Å². The topological polar surface area (TPSA) is 23.6 Å². The van der Waals surface area contributed by atoms with Crippen LogP contribution in [0, 0.1) is 17.3 Å². The molecule has 26 heavy (non-hydrogen) atoms. The highest BCUT2D eigenvalue weighted by molar-refractivity contribution is 5.78. The lowest BCUT2D eigenvalue weighted by Gasteiger charge is -2.47. The van der Waals surface area contributed by atoms with Gasteiger partial charge < -0.3 is 9.80 Å². The Balaban J connectivity index is 1.68. The predicted octanol–water partition coefficient (Wildman–Crippen LogP) is 5.34. The van der Waals surface area contributed by atoms with E-state index in [0.29, 0.717) is 11.3 Å². The van der Waals surface area contributed by atoms with Gasteiger partial charge in [0.2, 0.25) is 5.91 Å². The van der Waals surface area contributed by atoms with Crippen LogP contribution in [0.3, 0.4) is 0 Å². The van der Waals surface area contributed by atoms with Gasteiger partial charge in [-0.1, -0.05) is 47.0 Å². The van der Waals surface area contributed by atoms with Crippen LogP contribution in [0.2, 0.25) is 0 Å². The number of carbonyl (C=O) groups is 1. The van der Waals surface area contributed by atoms with E-state index in [-0.39, 0.29) is 5.92 Å². The second-order valence-electron chi connectivity index (χ2n) is 9.18. The van der Waals surface area contributed by atoms with E-state index in [1.165, 1.54) is 77.4 Å². The van der Waals surface area contributed by atoms with Crippen molar-refractivity contribution in [3.63, 3.8) is 0 Å². The van der Waals surface area contributed by atoms with Crippen LogP contribution in [0.15, 0.2) is 0 Å². The van der Waals surface area contributed by atoms with Gasteiger partial charge >= 0.3 is 0 Å². The lowest BCUT2D eigenvalue weighted by Crippen LogP contribution is -2.49. The molecule has 0 aliphatic carbocycles. The highest BCUT2D eigenvalue weighted by atomic mass is 16.2. The van der Waals surface area contributed by atoms with Gasteiger partial charge in [0.05, 0.1) is 0 Å². The van der Waals surface area contributed by atoms with Crippen LogP contribution in [-0.2, 0) is 4.79 Å². The molecule has 0 saturated carbocycles. The first kappa shape index (κ1) is 21.7. The Morgan fingerprint density at radius 1 is 0.923 bits per heavy atom. The van der Waals surface area contributed by atoms with Crippen LogP contribution in [0.5, 0.6) is 0 Å². The molecular weight excluding hydrogens is 320 g/mol. The zero-order chi connectivity index (χ0) is 19.0. The molecule has 152 valence electrons. The molecule has 2 aliphatic heterocycles. The van der Waals surface area contributed by atoms with Crippen LogP contribution in [-0.4, -0.2) is 48.4 Å². The van der Waals surface area contributed by atoms with E-state index < -0.39 is 0 Å². The summed E-state index contributed by atoms with van der Waals surface area (Å²) in [5, 5.41) is 0. The van der Waals surface area contributed by atoms with Gasteiger partial charge in [-0.2, -0.15) is 0 Å². The number of carbonyl (C=O) groups excluding carboxylic acids is 1. The maximum Gasteiger partial charge on any atom is 0.225 e. The molecule has 2 unspecified atom stereocenters. The SMILES string of the molecule is CCCC(CC)CCCN1CCC2(CC1)CCN(C(=O)C(C)CC)CC2. The zero-order valence-corrected chi connectivity index (χ0v) is 18.1. The first-order valence-corrected chi connectivity index (χ1v) is 11.5. The summed E-state index contributed by atoms with van der Waals surface area (Å²) in [6.45, 7) is 14.7. The quantitative estimate of drug-likeness (QED) is 0.551. The number of hydrogen-bond donors (Lipinski definition) is 0. The van der Waals surface area contributed by atoms with Crippen molar-refractivity contribution < 1.29 is 4.79 Å². The van der Waals surface area contributed by atoms with E-state index in [1.807, 2.05) is 0 Å². The summed E-state index contributed by atoms with van der Waals surface area (Å²) in [6, 6.07) is 0. The molecule has 2 fully saturated rings. The smallest absolute Gasteiger partial charge is 0.225 e. The summed E-state index contributed by atoms with van der Waals surface area (Å²) in [4.78, 5) is 17.3. The third kappa shape index (κ3) is 5.97. The highest BCUT2D eigenvalue weighted by Gasteiger charge is 2.38. The molecule has 0 aromatic carbocycles. The summed E-state index contributed by atoms with van der Waals surface area (Å²) >= 11 is 0. The Kier molecular flexibility index (Phi) is 8.93. The van der Waals surface area contributed by atoms with Gasteiger partial charge in [0.1, 0.15) is 0 Å². The van der Waals surface area contributed by atoms with Gasteiger partial charge in [0.25, 0.3) is 0 Å². The van der Waals surface area contributed by atoms with E-state index in [4.69, 9.17) is 0 Å². The van der Waals surface area contributed by atoms with Crippen molar-refractivity contribution >= 4 is 5.91 Å². The molecule has 0 bridgehead atoms. The molecule has 2 saturated heterocycles. The minimum absolute atomic E-state index is 0.200. The first-order valence-electron chi connectivity index (χ1n) is 11.5. The van der Waals surface area contributed by atoms with Crippen molar-refractivity contribution in [1.82, 2.24) is 9.80 Å². The molecule has 1 amide bonds. The van der Waals surface area contributed by atoms with E-state index >= 15 is 0 Å². The Morgan fingerprint density at radius 2 is 1.54 bits per heavy atom. The van der Waals surface area contributed by atoms with Gasteiger partial charge in [-0.3, -0.25) is 4.79 Å². The summed E-state index contributed by atoms with van der Waals surface area (Å²) < 4.78 is 0. The number of hydrogen-bond acceptors (Lipinski definition) is 2. The minimum Gasteiger partial charge on any atom is -0.342 e. The van der Waals surface area contributed by atoms with Crippen molar-refractivity contribution in [2.45, 2.75) is 91.9 Å². The third-order valence-corrected chi connectivity index (χ3v) is 7.45. The molecule has 1 spiro atoms. The highest BCUT2D eigenvalue weighted by Crippen LogP contribution is 2.41. The minimum atomic E-state index is 0.200. The molecule has 2 atom stereocenters. The number of likely N-dealkylation sites (tertiary alicyclic amines) is 2. The molecule has 0 aromatic rings. The van der Waals surface area contributed by atoms with E-state index in [1.54, 1.807) is 0 Å². The van der Waals surface area contributed by atoms with Crippen molar-refractivity contribution in [2.75, 3.05) is 32.7 Å². The molecular formula is C23H44N2O. The summed E-state index contributed by atoms with van der Waals surface area (Å²) in [6.07, 6.45) is 13.0. The lowest BCUT2D eigenvalue weighted by atomic mass is 9.71. The Hall–Kier alpha value is -0.570.